The third-order valence-electron chi connectivity index (χ3n) is 8.03. The highest BCUT2D eigenvalue weighted by molar-refractivity contribution is 6.11. The summed E-state index contributed by atoms with van der Waals surface area (Å²) in [5.41, 5.74) is 4.86. The minimum absolute atomic E-state index is 0.212. The molecule has 36 heavy (non-hydrogen) atoms. The fourth-order valence-corrected chi connectivity index (χ4v) is 5.78. The number of rotatable bonds is 5. The van der Waals surface area contributed by atoms with Gasteiger partial charge in [0.05, 0.1) is 0 Å². The van der Waals surface area contributed by atoms with E-state index in [-0.39, 0.29) is 11.8 Å². The van der Waals surface area contributed by atoms with E-state index in [0.29, 0.717) is 0 Å². The maximum Gasteiger partial charge on any atom is -0.00703 e. The minimum Gasteiger partial charge on any atom is -0.0949 e. The lowest BCUT2D eigenvalue weighted by molar-refractivity contribution is 0.593. The van der Waals surface area contributed by atoms with Crippen molar-refractivity contribution in [2.75, 3.05) is 0 Å². The molecule has 0 N–H and O–H groups in total. The van der Waals surface area contributed by atoms with Crippen LogP contribution in [0.4, 0.5) is 0 Å². The van der Waals surface area contributed by atoms with Crippen molar-refractivity contribution in [3.8, 4) is 0 Å². The molecule has 0 saturated carbocycles. The van der Waals surface area contributed by atoms with E-state index in [1.165, 1.54) is 65.4 Å². The molecule has 6 rings (SSSR count). The summed E-state index contributed by atoms with van der Waals surface area (Å²) < 4.78 is 0. The predicted molar refractivity (Wildman–Crippen MR) is 159 cm³/mol. The molecule has 0 fully saturated rings. The summed E-state index contributed by atoms with van der Waals surface area (Å²) >= 11 is 0. The molecule has 174 valence electrons. The number of hydrogen-bond acceptors (Lipinski definition) is 0. The van der Waals surface area contributed by atoms with Crippen LogP contribution in [0.25, 0.3) is 54.2 Å². The Morgan fingerprint density at radius 2 is 0.694 bits per heavy atom. The van der Waals surface area contributed by atoms with E-state index in [4.69, 9.17) is 13.2 Å². The minimum atomic E-state index is 0.212. The smallest absolute Gasteiger partial charge is 0.00703 e. The molecule has 0 aliphatic heterocycles. The van der Waals surface area contributed by atoms with E-state index in [2.05, 4.69) is 123 Å². The first-order chi connectivity index (χ1) is 17.5. The summed E-state index contributed by atoms with van der Waals surface area (Å²) in [5, 5.41) is 10.1. The van der Waals surface area contributed by atoms with Crippen molar-refractivity contribution in [3.63, 3.8) is 0 Å². The molecule has 0 aliphatic carbocycles. The molecule has 0 nitrogen and oxygen atoms in total. The Morgan fingerprint density at radius 1 is 0.444 bits per heavy atom. The molecular weight excluding hydrogens is 432 g/mol. The molecule has 0 aromatic heterocycles. The summed E-state index contributed by atoms with van der Waals surface area (Å²) in [6.45, 7) is 14.0. The van der Waals surface area contributed by atoms with Crippen molar-refractivity contribution in [3.05, 3.63) is 133 Å². The van der Waals surface area contributed by atoms with Gasteiger partial charge in [-0.3, -0.25) is 0 Å². The highest BCUT2D eigenvalue weighted by atomic mass is 14.3. The van der Waals surface area contributed by atoms with Crippen molar-refractivity contribution in [2.45, 2.75) is 13.8 Å². The molecule has 0 heterocycles. The lowest BCUT2D eigenvalue weighted by atomic mass is 9.76. The highest BCUT2D eigenvalue weighted by Crippen LogP contribution is 2.43. The standard InChI is InChI=1S/C36H30/c1-23(25(3)35-31-17-9-5-13-27(31)21-28-14-6-10-18-32(28)35)24(2)26(4)36-33-19-11-7-15-29(33)22-30-16-8-12-20-34(30)36/h5-24H,3-4H2,1-2H3/t23-,24-/m0/s1. The number of fused-ring (bicyclic) bond motifs is 4. The second-order valence-corrected chi connectivity index (χ2v) is 10.0. The van der Waals surface area contributed by atoms with Crippen LogP contribution in [-0.4, -0.2) is 0 Å². The van der Waals surface area contributed by atoms with Crippen LogP contribution >= 0.6 is 0 Å². The first kappa shape index (κ1) is 22.3. The first-order valence-corrected chi connectivity index (χ1v) is 12.7. The zero-order chi connectivity index (χ0) is 24.8. The third-order valence-corrected chi connectivity index (χ3v) is 8.03. The van der Waals surface area contributed by atoms with Gasteiger partial charge in [0.25, 0.3) is 0 Å². The Kier molecular flexibility index (Phi) is 5.46. The van der Waals surface area contributed by atoms with E-state index in [1.54, 1.807) is 0 Å². The number of allylic oxidation sites excluding steroid dienone is 2. The van der Waals surface area contributed by atoms with Crippen LogP contribution in [0.5, 0.6) is 0 Å². The lowest BCUT2D eigenvalue weighted by Gasteiger charge is -2.27. The summed E-state index contributed by atoms with van der Waals surface area (Å²) in [4.78, 5) is 0. The largest absolute Gasteiger partial charge is 0.0949 e. The van der Waals surface area contributed by atoms with Gasteiger partial charge in [-0.15, -0.1) is 0 Å². The zero-order valence-electron chi connectivity index (χ0n) is 21.0. The fraction of sp³-hybridized carbons (Fsp3) is 0.111. The summed E-state index contributed by atoms with van der Waals surface area (Å²) in [5.74, 6) is 0.425. The summed E-state index contributed by atoms with van der Waals surface area (Å²) in [7, 11) is 0. The Labute approximate surface area is 213 Å². The van der Waals surface area contributed by atoms with Crippen molar-refractivity contribution in [2.24, 2.45) is 11.8 Å². The van der Waals surface area contributed by atoms with E-state index >= 15 is 0 Å². The summed E-state index contributed by atoms with van der Waals surface area (Å²) in [6.07, 6.45) is 0. The van der Waals surface area contributed by atoms with E-state index in [1.807, 2.05) is 0 Å². The topological polar surface area (TPSA) is 0 Å². The molecular formula is C36H30. The monoisotopic (exact) mass is 462 g/mol. The van der Waals surface area contributed by atoms with Gasteiger partial charge in [0.1, 0.15) is 0 Å². The van der Waals surface area contributed by atoms with Gasteiger partial charge in [0, 0.05) is 0 Å². The Balaban J connectivity index is 1.49. The molecule has 6 aromatic rings. The SMILES string of the molecule is C=C(c1c2ccccc2cc2ccccc12)[C@@H](C)[C@H](C)C(=C)c1c2ccccc2cc2ccccc12. The maximum absolute atomic E-state index is 4.71. The van der Waals surface area contributed by atoms with Gasteiger partial charge in [-0.25, -0.2) is 0 Å². The lowest BCUT2D eigenvalue weighted by Crippen LogP contribution is -2.12. The molecule has 6 aromatic carbocycles. The third kappa shape index (κ3) is 3.53. The zero-order valence-corrected chi connectivity index (χ0v) is 21.0. The van der Waals surface area contributed by atoms with Crippen LogP contribution in [0.15, 0.2) is 122 Å². The molecule has 0 saturated heterocycles. The van der Waals surface area contributed by atoms with Crippen LogP contribution in [0, 0.1) is 11.8 Å². The molecule has 0 bridgehead atoms. The van der Waals surface area contributed by atoms with Crippen LogP contribution in [0.2, 0.25) is 0 Å². The molecule has 0 aliphatic rings. The van der Waals surface area contributed by atoms with Gasteiger partial charge in [0.15, 0.2) is 0 Å². The molecule has 2 atom stereocenters. The van der Waals surface area contributed by atoms with Crippen molar-refractivity contribution < 1.29 is 0 Å². The van der Waals surface area contributed by atoms with Crippen LogP contribution in [-0.2, 0) is 0 Å². The molecule has 0 radical (unpaired) electrons. The quantitative estimate of drug-likeness (QED) is 0.224. The molecule has 0 unspecified atom stereocenters. The molecule has 0 heteroatoms. The molecule has 0 amide bonds. The van der Waals surface area contributed by atoms with Crippen LogP contribution < -0.4 is 0 Å². The first-order valence-electron chi connectivity index (χ1n) is 12.7. The Bertz CT molecular complexity index is 1560. The van der Waals surface area contributed by atoms with Gasteiger partial charge in [-0.1, -0.05) is 124 Å². The van der Waals surface area contributed by atoms with Crippen molar-refractivity contribution in [1.82, 2.24) is 0 Å². The average molecular weight is 463 g/mol. The van der Waals surface area contributed by atoms with Gasteiger partial charge >= 0.3 is 0 Å². The number of hydrogen-bond donors (Lipinski definition) is 0. The predicted octanol–water partition coefficient (Wildman–Crippen LogP) is 10.3. The van der Waals surface area contributed by atoms with E-state index in [0.717, 1.165) is 0 Å². The van der Waals surface area contributed by atoms with Gasteiger partial charge in [-0.2, -0.15) is 0 Å². The van der Waals surface area contributed by atoms with E-state index < -0.39 is 0 Å². The normalized spacial score (nSPS) is 13.3. The van der Waals surface area contributed by atoms with E-state index in [9.17, 15) is 0 Å². The second-order valence-electron chi connectivity index (χ2n) is 10.0. The Morgan fingerprint density at radius 3 is 0.972 bits per heavy atom. The number of benzene rings is 6. The van der Waals surface area contributed by atoms with Gasteiger partial charge < -0.3 is 0 Å². The highest BCUT2D eigenvalue weighted by Gasteiger charge is 2.24. The van der Waals surface area contributed by atoms with Crippen molar-refractivity contribution in [1.29, 1.82) is 0 Å². The van der Waals surface area contributed by atoms with Crippen LogP contribution in [0.1, 0.15) is 25.0 Å². The van der Waals surface area contributed by atoms with Crippen molar-refractivity contribution >= 4 is 54.2 Å². The second kappa shape index (κ2) is 8.81. The molecule has 0 spiro atoms. The van der Waals surface area contributed by atoms with Gasteiger partial charge in [0.2, 0.25) is 0 Å². The van der Waals surface area contributed by atoms with Crippen LogP contribution in [0.3, 0.4) is 0 Å². The summed E-state index contributed by atoms with van der Waals surface area (Å²) in [6, 6.07) is 39.3. The maximum atomic E-state index is 4.71. The Hall–Kier alpha value is -4.16. The van der Waals surface area contributed by atoms with Gasteiger partial charge in [-0.05, 0) is 89.3 Å². The fourth-order valence-electron chi connectivity index (χ4n) is 5.78. The average Bonchev–Trinajstić information content (AvgIpc) is 2.93.